The van der Waals surface area contributed by atoms with Gasteiger partial charge in [0.2, 0.25) is 0 Å². The number of ether oxygens (including phenoxy) is 1. The molecule has 0 aromatic rings. The van der Waals surface area contributed by atoms with E-state index in [1.54, 1.807) is 0 Å². The zero-order valence-electron chi connectivity index (χ0n) is 5.65. The maximum atomic E-state index is 5.34. The first-order valence-corrected chi connectivity index (χ1v) is 3.70. The molecule has 2 aliphatic rings. The molecule has 0 radical (unpaired) electrons. The standard InChI is InChI=1S/C7H13NO/c1-3-8-5-7(1)2-4-9-6-7/h8H,1-6H2. The summed E-state index contributed by atoms with van der Waals surface area (Å²) >= 11 is 0. The topological polar surface area (TPSA) is 21.3 Å². The van der Waals surface area contributed by atoms with Crippen LogP contribution < -0.4 is 5.32 Å². The van der Waals surface area contributed by atoms with Crippen LogP contribution in [-0.4, -0.2) is 26.3 Å². The first-order valence-electron chi connectivity index (χ1n) is 3.70. The molecule has 2 saturated heterocycles. The minimum atomic E-state index is 0.556. The van der Waals surface area contributed by atoms with E-state index in [4.69, 9.17) is 4.74 Å². The summed E-state index contributed by atoms with van der Waals surface area (Å²) in [6.45, 7) is 4.37. The molecule has 2 fully saturated rings. The molecule has 2 heterocycles. The fraction of sp³-hybridized carbons (Fsp3) is 1.00. The third-order valence-electron chi connectivity index (χ3n) is 2.52. The van der Waals surface area contributed by atoms with Crippen molar-refractivity contribution in [3.8, 4) is 0 Å². The van der Waals surface area contributed by atoms with Crippen LogP contribution in [0.15, 0.2) is 0 Å². The average Bonchev–Trinajstić information content (AvgIpc) is 2.45. The molecule has 1 unspecified atom stereocenters. The molecular weight excluding hydrogens is 114 g/mol. The number of rotatable bonds is 0. The van der Waals surface area contributed by atoms with Gasteiger partial charge in [0.15, 0.2) is 0 Å². The lowest BCUT2D eigenvalue weighted by Gasteiger charge is -2.17. The molecule has 1 atom stereocenters. The Morgan fingerprint density at radius 1 is 1.33 bits per heavy atom. The summed E-state index contributed by atoms with van der Waals surface area (Å²) in [6, 6.07) is 0. The molecule has 0 saturated carbocycles. The van der Waals surface area contributed by atoms with Crippen LogP contribution in [0.4, 0.5) is 0 Å². The lowest BCUT2D eigenvalue weighted by molar-refractivity contribution is 0.160. The van der Waals surface area contributed by atoms with Crippen molar-refractivity contribution in [1.82, 2.24) is 5.32 Å². The average molecular weight is 127 g/mol. The van der Waals surface area contributed by atoms with Crippen molar-refractivity contribution in [2.24, 2.45) is 5.41 Å². The molecule has 2 nitrogen and oxygen atoms in total. The van der Waals surface area contributed by atoms with Gasteiger partial charge in [-0.05, 0) is 19.4 Å². The first kappa shape index (κ1) is 5.69. The van der Waals surface area contributed by atoms with Crippen molar-refractivity contribution in [3.05, 3.63) is 0 Å². The van der Waals surface area contributed by atoms with E-state index in [1.807, 2.05) is 0 Å². The van der Waals surface area contributed by atoms with Gasteiger partial charge in [0.1, 0.15) is 0 Å². The van der Waals surface area contributed by atoms with E-state index >= 15 is 0 Å². The lowest BCUT2D eigenvalue weighted by Crippen LogP contribution is -2.23. The maximum absolute atomic E-state index is 5.34. The molecule has 0 bridgehead atoms. The van der Waals surface area contributed by atoms with Gasteiger partial charge in [0.05, 0.1) is 6.61 Å². The Morgan fingerprint density at radius 3 is 2.89 bits per heavy atom. The Balaban J connectivity index is 2.04. The van der Waals surface area contributed by atoms with E-state index in [2.05, 4.69) is 5.32 Å². The maximum Gasteiger partial charge on any atom is 0.0535 e. The summed E-state index contributed by atoms with van der Waals surface area (Å²) in [6.07, 6.45) is 2.60. The molecule has 0 amide bonds. The zero-order chi connectivity index (χ0) is 6.16. The Bertz CT molecular complexity index is 84.0. The Kier molecular flexibility index (Phi) is 1.24. The van der Waals surface area contributed by atoms with Gasteiger partial charge in [-0.25, -0.2) is 0 Å². The first-order chi connectivity index (χ1) is 4.41. The van der Waals surface area contributed by atoms with Gasteiger partial charge in [-0.2, -0.15) is 0 Å². The van der Waals surface area contributed by atoms with Gasteiger partial charge in [0.25, 0.3) is 0 Å². The number of hydrogen-bond acceptors (Lipinski definition) is 2. The van der Waals surface area contributed by atoms with E-state index in [9.17, 15) is 0 Å². The third-order valence-corrected chi connectivity index (χ3v) is 2.52. The van der Waals surface area contributed by atoms with Gasteiger partial charge in [-0.3, -0.25) is 0 Å². The largest absolute Gasteiger partial charge is 0.381 e. The third kappa shape index (κ3) is 0.864. The summed E-state index contributed by atoms with van der Waals surface area (Å²) in [5.74, 6) is 0. The Morgan fingerprint density at radius 2 is 2.33 bits per heavy atom. The molecular formula is C7H13NO. The normalized spacial score (nSPS) is 42.7. The number of hydrogen-bond donors (Lipinski definition) is 1. The van der Waals surface area contributed by atoms with E-state index in [0.29, 0.717) is 5.41 Å². The van der Waals surface area contributed by atoms with Crippen molar-refractivity contribution in [2.75, 3.05) is 26.3 Å². The predicted molar refractivity (Wildman–Crippen MR) is 35.4 cm³/mol. The highest BCUT2D eigenvalue weighted by Crippen LogP contribution is 2.33. The minimum absolute atomic E-state index is 0.556. The van der Waals surface area contributed by atoms with Crippen LogP contribution in [0.5, 0.6) is 0 Å². The fourth-order valence-electron chi connectivity index (χ4n) is 1.78. The summed E-state index contributed by atoms with van der Waals surface area (Å²) in [4.78, 5) is 0. The van der Waals surface area contributed by atoms with Gasteiger partial charge in [0, 0.05) is 18.6 Å². The van der Waals surface area contributed by atoms with Crippen LogP contribution in [0.25, 0.3) is 0 Å². The fourth-order valence-corrected chi connectivity index (χ4v) is 1.78. The van der Waals surface area contributed by atoms with Crippen LogP contribution in [0.1, 0.15) is 12.8 Å². The molecule has 2 heteroatoms. The van der Waals surface area contributed by atoms with Crippen LogP contribution >= 0.6 is 0 Å². The second-order valence-corrected chi connectivity index (χ2v) is 3.23. The van der Waals surface area contributed by atoms with Crippen LogP contribution in [0.2, 0.25) is 0 Å². The molecule has 1 spiro atoms. The smallest absolute Gasteiger partial charge is 0.0535 e. The predicted octanol–water partition coefficient (Wildman–Crippen LogP) is 0.386. The summed E-state index contributed by atoms with van der Waals surface area (Å²) in [5, 5.41) is 3.38. The molecule has 52 valence electrons. The Hall–Kier alpha value is -0.0800. The lowest BCUT2D eigenvalue weighted by atomic mass is 9.87. The summed E-state index contributed by atoms with van der Waals surface area (Å²) in [7, 11) is 0. The molecule has 0 aromatic carbocycles. The van der Waals surface area contributed by atoms with E-state index < -0.39 is 0 Å². The summed E-state index contributed by atoms with van der Waals surface area (Å²) < 4.78 is 5.34. The minimum Gasteiger partial charge on any atom is -0.381 e. The van der Waals surface area contributed by atoms with E-state index in [1.165, 1.54) is 25.9 Å². The van der Waals surface area contributed by atoms with Gasteiger partial charge in [-0.1, -0.05) is 0 Å². The van der Waals surface area contributed by atoms with Gasteiger partial charge in [-0.15, -0.1) is 0 Å². The molecule has 2 rings (SSSR count). The monoisotopic (exact) mass is 127 g/mol. The molecule has 9 heavy (non-hydrogen) atoms. The van der Waals surface area contributed by atoms with Crippen LogP contribution in [0.3, 0.4) is 0 Å². The molecule has 0 aromatic heterocycles. The second kappa shape index (κ2) is 1.96. The van der Waals surface area contributed by atoms with Crippen LogP contribution in [0, 0.1) is 5.41 Å². The highest BCUT2D eigenvalue weighted by Gasteiger charge is 2.37. The molecule has 2 aliphatic heterocycles. The second-order valence-electron chi connectivity index (χ2n) is 3.23. The zero-order valence-corrected chi connectivity index (χ0v) is 5.65. The Labute approximate surface area is 55.6 Å². The van der Waals surface area contributed by atoms with Crippen molar-refractivity contribution in [2.45, 2.75) is 12.8 Å². The molecule has 1 N–H and O–H groups in total. The van der Waals surface area contributed by atoms with Crippen molar-refractivity contribution in [1.29, 1.82) is 0 Å². The van der Waals surface area contributed by atoms with Crippen LogP contribution in [-0.2, 0) is 4.74 Å². The highest BCUT2D eigenvalue weighted by atomic mass is 16.5. The van der Waals surface area contributed by atoms with E-state index in [-0.39, 0.29) is 0 Å². The van der Waals surface area contributed by atoms with Crippen molar-refractivity contribution in [3.63, 3.8) is 0 Å². The van der Waals surface area contributed by atoms with Crippen molar-refractivity contribution < 1.29 is 4.74 Å². The number of nitrogens with one attached hydrogen (secondary N) is 1. The van der Waals surface area contributed by atoms with E-state index in [0.717, 1.165) is 13.2 Å². The quantitative estimate of drug-likeness (QED) is 0.508. The summed E-state index contributed by atoms with van der Waals surface area (Å²) in [5.41, 5.74) is 0.556. The SMILES string of the molecule is C1CC2(CCOC2)CN1. The highest BCUT2D eigenvalue weighted by molar-refractivity contribution is 4.90. The van der Waals surface area contributed by atoms with Crippen molar-refractivity contribution >= 4 is 0 Å². The van der Waals surface area contributed by atoms with Gasteiger partial charge < -0.3 is 10.1 Å². The molecule has 0 aliphatic carbocycles. The van der Waals surface area contributed by atoms with Gasteiger partial charge >= 0.3 is 0 Å².